The minimum Gasteiger partial charge on any atom is -0.335 e. The fourth-order valence-electron chi connectivity index (χ4n) is 3.49. The Morgan fingerprint density at radius 1 is 1.31 bits per heavy atom. The Labute approximate surface area is 181 Å². The standard InChI is InChI=1S/C20H23Cl2N3O3S/c1-3-24(17-10-11-29(27,28)13-17)19(26)9-8-18-14(2)23-25(20(18)22)12-15-4-6-16(21)7-5-15/h4-9,17H,3,10-13H2,1-2H3/b9-8-/t17-/m1/s1. The highest BCUT2D eigenvalue weighted by Gasteiger charge is 2.33. The van der Waals surface area contributed by atoms with Crippen LogP contribution in [-0.4, -0.2) is 53.1 Å². The van der Waals surface area contributed by atoms with Crippen molar-refractivity contribution in [3.05, 3.63) is 57.3 Å². The van der Waals surface area contributed by atoms with Crippen molar-refractivity contribution in [2.24, 2.45) is 0 Å². The van der Waals surface area contributed by atoms with Crippen LogP contribution in [0.5, 0.6) is 0 Å². The molecule has 1 fully saturated rings. The van der Waals surface area contributed by atoms with E-state index in [1.54, 1.807) is 15.7 Å². The molecular weight excluding hydrogens is 433 g/mol. The molecule has 1 saturated heterocycles. The Morgan fingerprint density at radius 3 is 2.59 bits per heavy atom. The van der Waals surface area contributed by atoms with E-state index in [4.69, 9.17) is 23.2 Å². The second-order valence-electron chi connectivity index (χ2n) is 7.09. The number of halogens is 2. The summed E-state index contributed by atoms with van der Waals surface area (Å²) in [6, 6.07) is 7.16. The van der Waals surface area contributed by atoms with Crippen LogP contribution in [0.4, 0.5) is 0 Å². The molecule has 0 N–H and O–H groups in total. The maximum atomic E-state index is 12.7. The molecule has 2 aromatic rings. The molecule has 0 saturated carbocycles. The van der Waals surface area contributed by atoms with Crippen molar-refractivity contribution < 1.29 is 13.2 Å². The van der Waals surface area contributed by atoms with E-state index < -0.39 is 9.84 Å². The Bertz CT molecular complexity index is 1030. The predicted octanol–water partition coefficient (Wildman–Crippen LogP) is 3.60. The first-order valence-corrected chi connectivity index (χ1v) is 11.9. The maximum absolute atomic E-state index is 12.7. The molecule has 29 heavy (non-hydrogen) atoms. The van der Waals surface area contributed by atoms with Gasteiger partial charge in [0.05, 0.1) is 23.7 Å². The zero-order chi connectivity index (χ0) is 21.2. The lowest BCUT2D eigenvalue weighted by molar-refractivity contribution is -0.127. The molecule has 0 radical (unpaired) electrons. The topological polar surface area (TPSA) is 72.3 Å². The van der Waals surface area contributed by atoms with Crippen molar-refractivity contribution >= 4 is 45.0 Å². The van der Waals surface area contributed by atoms with Gasteiger partial charge in [-0.2, -0.15) is 5.10 Å². The number of nitrogens with zero attached hydrogens (tertiary/aromatic N) is 3. The number of likely N-dealkylation sites (N-methyl/N-ethyl adjacent to an activating group) is 1. The highest BCUT2D eigenvalue weighted by Crippen LogP contribution is 2.24. The van der Waals surface area contributed by atoms with Gasteiger partial charge in [0.2, 0.25) is 5.91 Å². The van der Waals surface area contributed by atoms with Gasteiger partial charge in [-0.1, -0.05) is 35.3 Å². The minimum atomic E-state index is -3.05. The number of aromatic nitrogens is 2. The summed E-state index contributed by atoms with van der Waals surface area (Å²) in [4.78, 5) is 14.3. The molecule has 2 heterocycles. The lowest BCUT2D eigenvalue weighted by Crippen LogP contribution is -2.40. The van der Waals surface area contributed by atoms with Crippen LogP contribution in [0.1, 0.15) is 30.2 Å². The van der Waals surface area contributed by atoms with Gasteiger partial charge in [0.1, 0.15) is 5.15 Å². The second kappa shape index (κ2) is 8.90. The van der Waals surface area contributed by atoms with Crippen LogP contribution in [0.2, 0.25) is 10.2 Å². The van der Waals surface area contributed by atoms with Gasteiger partial charge in [-0.05, 0) is 44.0 Å². The van der Waals surface area contributed by atoms with Crippen molar-refractivity contribution in [3.63, 3.8) is 0 Å². The molecule has 1 aromatic heterocycles. The van der Waals surface area contributed by atoms with Crippen molar-refractivity contribution in [2.45, 2.75) is 32.9 Å². The lowest BCUT2D eigenvalue weighted by Gasteiger charge is -2.25. The Hall–Kier alpha value is -1.83. The first kappa shape index (κ1) is 21.9. The molecule has 3 rings (SSSR count). The summed E-state index contributed by atoms with van der Waals surface area (Å²) in [5, 5.41) is 5.56. The molecule has 1 aromatic carbocycles. The van der Waals surface area contributed by atoms with Gasteiger partial charge in [-0.15, -0.1) is 0 Å². The molecular formula is C20H23Cl2N3O3S. The number of carbonyl (C=O) groups is 1. The number of sulfone groups is 1. The monoisotopic (exact) mass is 455 g/mol. The molecule has 1 atom stereocenters. The van der Waals surface area contributed by atoms with Gasteiger partial charge in [0, 0.05) is 29.2 Å². The highest BCUT2D eigenvalue weighted by molar-refractivity contribution is 7.91. The van der Waals surface area contributed by atoms with Gasteiger partial charge in [0.25, 0.3) is 0 Å². The van der Waals surface area contributed by atoms with E-state index in [0.29, 0.717) is 40.9 Å². The van der Waals surface area contributed by atoms with E-state index in [2.05, 4.69) is 5.10 Å². The van der Waals surface area contributed by atoms with Crippen LogP contribution in [0.15, 0.2) is 30.3 Å². The fraction of sp³-hybridized carbons (Fsp3) is 0.400. The van der Waals surface area contributed by atoms with Gasteiger partial charge in [-0.3, -0.25) is 4.79 Å². The zero-order valence-corrected chi connectivity index (χ0v) is 18.6. The number of rotatable bonds is 6. The van der Waals surface area contributed by atoms with Crippen molar-refractivity contribution in [3.8, 4) is 0 Å². The number of aryl methyl sites for hydroxylation is 1. The van der Waals surface area contributed by atoms with Crippen molar-refractivity contribution in [1.29, 1.82) is 0 Å². The van der Waals surface area contributed by atoms with Gasteiger partial charge < -0.3 is 4.90 Å². The Kier molecular flexibility index (Phi) is 6.71. The molecule has 6 nitrogen and oxygen atoms in total. The lowest BCUT2D eigenvalue weighted by atomic mass is 10.2. The zero-order valence-electron chi connectivity index (χ0n) is 16.3. The molecule has 0 unspecified atom stereocenters. The normalized spacial score (nSPS) is 18.4. The average Bonchev–Trinajstić information content (AvgIpc) is 3.15. The fourth-order valence-corrected chi connectivity index (χ4v) is 5.64. The largest absolute Gasteiger partial charge is 0.335 e. The first-order valence-electron chi connectivity index (χ1n) is 9.36. The van der Waals surface area contributed by atoms with Crippen molar-refractivity contribution in [2.75, 3.05) is 18.1 Å². The van der Waals surface area contributed by atoms with Crippen LogP contribution >= 0.6 is 23.2 Å². The Balaban J connectivity index is 1.75. The molecule has 0 spiro atoms. The van der Waals surface area contributed by atoms with Crippen LogP contribution < -0.4 is 0 Å². The molecule has 1 aliphatic rings. The van der Waals surface area contributed by atoms with Crippen LogP contribution in [0, 0.1) is 6.92 Å². The summed E-state index contributed by atoms with van der Waals surface area (Å²) in [5.41, 5.74) is 2.38. The van der Waals surface area contributed by atoms with E-state index in [9.17, 15) is 13.2 Å². The average molecular weight is 456 g/mol. The number of hydrogen-bond donors (Lipinski definition) is 0. The quantitative estimate of drug-likeness (QED) is 0.623. The van der Waals surface area contributed by atoms with E-state index >= 15 is 0 Å². The molecule has 1 aliphatic heterocycles. The van der Waals surface area contributed by atoms with Gasteiger partial charge in [0.15, 0.2) is 9.84 Å². The number of benzene rings is 1. The molecule has 0 bridgehead atoms. The summed E-state index contributed by atoms with van der Waals surface area (Å²) in [6.45, 7) is 4.61. The van der Waals surface area contributed by atoms with Crippen LogP contribution in [-0.2, 0) is 21.2 Å². The van der Waals surface area contributed by atoms with Gasteiger partial charge in [-0.25, -0.2) is 13.1 Å². The van der Waals surface area contributed by atoms with Crippen LogP contribution in [0.3, 0.4) is 0 Å². The highest BCUT2D eigenvalue weighted by atomic mass is 35.5. The number of hydrogen-bond acceptors (Lipinski definition) is 4. The third kappa shape index (κ3) is 5.21. The molecule has 156 valence electrons. The third-order valence-corrected chi connectivity index (χ3v) is 7.42. The SMILES string of the molecule is CCN(C(=O)/C=C\c1c(C)nn(Cc2ccc(Cl)cc2)c1Cl)[C@@H]1CCS(=O)(=O)C1. The number of carbonyl (C=O) groups excluding carboxylic acids is 1. The maximum Gasteiger partial charge on any atom is 0.246 e. The van der Waals surface area contributed by atoms with Gasteiger partial charge >= 0.3 is 0 Å². The summed E-state index contributed by atoms with van der Waals surface area (Å²) in [7, 11) is -3.05. The minimum absolute atomic E-state index is 0.0270. The van der Waals surface area contributed by atoms with Crippen LogP contribution in [0.25, 0.3) is 6.08 Å². The van der Waals surface area contributed by atoms with Crippen molar-refractivity contribution in [1.82, 2.24) is 14.7 Å². The molecule has 0 aliphatic carbocycles. The number of amides is 1. The van der Waals surface area contributed by atoms with E-state index in [0.717, 1.165) is 5.56 Å². The summed E-state index contributed by atoms with van der Waals surface area (Å²) in [6.07, 6.45) is 3.57. The summed E-state index contributed by atoms with van der Waals surface area (Å²) >= 11 is 12.4. The summed E-state index contributed by atoms with van der Waals surface area (Å²) < 4.78 is 25.1. The Morgan fingerprint density at radius 2 is 2.00 bits per heavy atom. The second-order valence-corrected chi connectivity index (χ2v) is 10.1. The van der Waals surface area contributed by atoms with E-state index in [1.807, 2.05) is 38.1 Å². The predicted molar refractivity (Wildman–Crippen MR) is 116 cm³/mol. The summed E-state index contributed by atoms with van der Waals surface area (Å²) in [5.74, 6) is -0.0669. The molecule has 9 heteroatoms. The smallest absolute Gasteiger partial charge is 0.246 e. The third-order valence-electron chi connectivity index (χ3n) is 5.02. The first-order chi connectivity index (χ1) is 13.7. The molecule has 1 amide bonds. The van der Waals surface area contributed by atoms with E-state index in [-0.39, 0.29) is 23.5 Å². The van der Waals surface area contributed by atoms with E-state index in [1.165, 1.54) is 6.08 Å².